The number of fused-ring (bicyclic) bond motifs is 2. The molecule has 0 aliphatic rings. The van der Waals surface area contributed by atoms with Gasteiger partial charge in [-0.25, -0.2) is 0 Å². The lowest BCUT2D eigenvalue weighted by Gasteiger charge is -2.10. The van der Waals surface area contributed by atoms with E-state index in [1.165, 1.54) is 0 Å². The number of nitrogens with zero attached hydrogens (tertiary/aromatic N) is 1. The molecule has 0 saturated carbocycles. The van der Waals surface area contributed by atoms with Gasteiger partial charge in [-0.15, -0.1) is 0 Å². The van der Waals surface area contributed by atoms with Crippen LogP contribution >= 0.6 is 11.6 Å². The fraction of sp³-hybridized carbons (Fsp3) is 0.0556. The zero-order valence-electron chi connectivity index (χ0n) is 12.3. The molecular weight excluding hydrogens is 312 g/mol. The van der Waals surface area contributed by atoms with Crippen molar-refractivity contribution in [2.75, 3.05) is 0 Å². The summed E-state index contributed by atoms with van der Waals surface area (Å²) in [5.41, 5.74) is 2.31. The Kier molecular flexibility index (Phi) is 2.96. The molecule has 4 aromatic rings. The first-order valence-corrected chi connectivity index (χ1v) is 7.55. The number of hydrogen-bond donors (Lipinski definition) is 2. The molecule has 0 atom stereocenters. The third-order valence-electron chi connectivity index (χ3n) is 4.01. The van der Waals surface area contributed by atoms with Crippen LogP contribution in [0.2, 0.25) is 5.02 Å². The van der Waals surface area contributed by atoms with Gasteiger partial charge in [-0.1, -0.05) is 23.7 Å². The van der Waals surface area contributed by atoms with Crippen LogP contribution in [0.15, 0.2) is 53.5 Å². The number of hydrogen-bond acceptors (Lipinski definition) is 2. The molecule has 2 aromatic carbocycles. The van der Waals surface area contributed by atoms with Crippen LogP contribution in [0.1, 0.15) is 5.56 Å². The quantitative estimate of drug-likeness (QED) is 0.553. The minimum Gasteiger partial charge on any atom is -0.505 e. The highest BCUT2D eigenvalue weighted by molar-refractivity contribution is 6.31. The Hall–Kier alpha value is -2.72. The second-order valence-corrected chi connectivity index (χ2v) is 6.03. The van der Waals surface area contributed by atoms with Crippen molar-refractivity contribution in [2.45, 2.75) is 6.92 Å². The van der Waals surface area contributed by atoms with Crippen LogP contribution < -0.4 is 5.56 Å². The molecule has 4 rings (SSSR count). The zero-order valence-corrected chi connectivity index (χ0v) is 13.1. The fourth-order valence-corrected chi connectivity index (χ4v) is 3.07. The number of H-pyrrole nitrogens is 1. The first-order valence-electron chi connectivity index (χ1n) is 7.17. The van der Waals surface area contributed by atoms with Crippen LogP contribution in [0.4, 0.5) is 0 Å². The van der Waals surface area contributed by atoms with Crippen LogP contribution in [0.3, 0.4) is 0 Å². The number of benzene rings is 2. The van der Waals surface area contributed by atoms with E-state index in [2.05, 4.69) is 4.98 Å². The summed E-state index contributed by atoms with van der Waals surface area (Å²) in [5, 5.41) is 12.7. The van der Waals surface area contributed by atoms with Gasteiger partial charge in [0.25, 0.3) is 5.56 Å². The molecule has 0 fully saturated rings. The number of nitrogens with one attached hydrogen (secondary N) is 1. The lowest BCUT2D eigenvalue weighted by atomic mass is 10.1. The van der Waals surface area contributed by atoms with Crippen molar-refractivity contribution >= 4 is 33.4 Å². The van der Waals surface area contributed by atoms with Gasteiger partial charge in [-0.2, -0.15) is 0 Å². The van der Waals surface area contributed by atoms with Gasteiger partial charge in [-0.3, -0.25) is 4.79 Å². The molecule has 0 unspecified atom stereocenters. The van der Waals surface area contributed by atoms with Crippen LogP contribution in [-0.2, 0) is 0 Å². The normalized spacial score (nSPS) is 11.4. The highest BCUT2D eigenvalue weighted by Gasteiger charge is 2.15. The molecule has 114 valence electrons. The highest BCUT2D eigenvalue weighted by atomic mass is 35.5. The van der Waals surface area contributed by atoms with Gasteiger partial charge >= 0.3 is 0 Å². The number of rotatable bonds is 1. The minimum absolute atomic E-state index is 0.0561. The summed E-state index contributed by atoms with van der Waals surface area (Å²) in [6.07, 6.45) is 1.79. The predicted molar refractivity (Wildman–Crippen MR) is 92.8 cm³/mol. The molecule has 5 heteroatoms. The minimum atomic E-state index is -0.365. The van der Waals surface area contributed by atoms with E-state index in [1.807, 2.05) is 31.2 Å². The van der Waals surface area contributed by atoms with Crippen molar-refractivity contribution in [1.29, 1.82) is 0 Å². The van der Waals surface area contributed by atoms with Crippen molar-refractivity contribution in [3.63, 3.8) is 0 Å². The van der Waals surface area contributed by atoms with E-state index in [9.17, 15) is 9.90 Å². The largest absolute Gasteiger partial charge is 0.505 e. The first-order chi connectivity index (χ1) is 11.0. The topological polar surface area (TPSA) is 58.0 Å². The Labute approximate surface area is 136 Å². The van der Waals surface area contributed by atoms with E-state index in [1.54, 1.807) is 29.0 Å². The molecule has 0 spiro atoms. The molecular formula is C18H13ClN2O2. The van der Waals surface area contributed by atoms with E-state index in [0.29, 0.717) is 15.9 Å². The Bertz CT molecular complexity index is 1130. The number of aromatic amines is 1. The molecule has 2 heterocycles. The van der Waals surface area contributed by atoms with E-state index >= 15 is 0 Å². The smallest absolute Gasteiger partial charge is 0.276 e. The Morgan fingerprint density at radius 1 is 1.13 bits per heavy atom. The third-order valence-corrected chi connectivity index (χ3v) is 4.25. The lowest BCUT2D eigenvalue weighted by molar-refractivity contribution is 0.478. The monoisotopic (exact) mass is 324 g/mol. The third kappa shape index (κ3) is 2.11. The number of aromatic hydroxyl groups is 1. The number of aromatic nitrogens is 2. The van der Waals surface area contributed by atoms with Gasteiger partial charge in [-0.05, 0) is 48.2 Å². The van der Waals surface area contributed by atoms with Crippen molar-refractivity contribution in [2.24, 2.45) is 0 Å². The number of halogens is 1. The molecule has 0 aliphatic heterocycles. The summed E-state index contributed by atoms with van der Waals surface area (Å²) in [5.74, 6) is -0.0561. The summed E-state index contributed by atoms with van der Waals surface area (Å²) in [6, 6.07) is 12.9. The maximum Gasteiger partial charge on any atom is 0.276 e. The zero-order chi connectivity index (χ0) is 16.1. The molecule has 4 nitrogen and oxygen atoms in total. The molecule has 0 bridgehead atoms. The second kappa shape index (κ2) is 4.89. The van der Waals surface area contributed by atoms with Crippen molar-refractivity contribution < 1.29 is 5.11 Å². The molecule has 0 saturated heterocycles. The van der Waals surface area contributed by atoms with E-state index < -0.39 is 0 Å². The van der Waals surface area contributed by atoms with E-state index in [-0.39, 0.29) is 17.0 Å². The van der Waals surface area contributed by atoms with E-state index in [0.717, 1.165) is 16.5 Å². The van der Waals surface area contributed by atoms with Crippen LogP contribution in [-0.4, -0.2) is 14.7 Å². The Balaban J connectivity index is 2.10. The van der Waals surface area contributed by atoms with Gasteiger partial charge in [0.05, 0.1) is 11.0 Å². The maximum atomic E-state index is 12.5. The SMILES string of the molecule is Cc1ccc2ccn(-c3c(O)c4ccc(Cl)cc4[nH]c3=O)c2c1. The van der Waals surface area contributed by atoms with Gasteiger partial charge in [0.2, 0.25) is 0 Å². The van der Waals surface area contributed by atoms with Crippen LogP contribution in [0, 0.1) is 6.92 Å². The van der Waals surface area contributed by atoms with Crippen molar-refractivity contribution in [3.05, 3.63) is 69.6 Å². The van der Waals surface area contributed by atoms with E-state index in [4.69, 9.17) is 11.6 Å². The fourth-order valence-electron chi connectivity index (χ4n) is 2.90. The second-order valence-electron chi connectivity index (χ2n) is 5.59. The lowest BCUT2D eigenvalue weighted by Crippen LogP contribution is -2.14. The van der Waals surface area contributed by atoms with Gasteiger partial charge in [0, 0.05) is 16.6 Å². The van der Waals surface area contributed by atoms with Crippen molar-refractivity contribution in [1.82, 2.24) is 9.55 Å². The summed E-state index contributed by atoms with van der Waals surface area (Å²) >= 11 is 5.95. The first kappa shape index (κ1) is 13.9. The predicted octanol–water partition coefficient (Wildman–Crippen LogP) is 4.14. The highest BCUT2D eigenvalue weighted by Crippen LogP contribution is 2.31. The molecule has 23 heavy (non-hydrogen) atoms. The number of aryl methyl sites for hydroxylation is 1. The summed E-state index contributed by atoms with van der Waals surface area (Å²) in [7, 11) is 0. The van der Waals surface area contributed by atoms with Crippen molar-refractivity contribution in [3.8, 4) is 11.4 Å². The average molecular weight is 325 g/mol. The molecule has 2 N–H and O–H groups in total. The van der Waals surface area contributed by atoms with Gasteiger partial charge in [0.15, 0.2) is 11.4 Å². The Morgan fingerprint density at radius 3 is 2.78 bits per heavy atom. The maximum absolute atomic E-state index is 12.5. The average Bonchev–Trinajstić information content (AvgIpc) is 2.90. The standard InChI is InChI=1S/C18H13ClN2O2/c1-10-2-3-11-6-7-21(15(11)8-10)16-17(22)13-5-4-12(19)9-14(13)20-18(16)23/h2-9H,1H3,(H2,20,22,23). The summed E-state index contributed by atoms with van der Waals surface area (Å²) < 4.78 is 1.71. The van der Waals surface area contributed by atoms with Crippen LogP contribution in [0.5, 0.6) is 5.75 Å². The molecule has 2 aromatic heterocycles. The van der Waals surface area contributed by atoms with Crippen LogP contribution in [0.25, 0.3) is 27.5 Å². The summed E-state index contributed by atoms with van der Waals surface area (Å²) in [4.78, 5) is 15.3. The molecule has 0 aliphatic carbocycles. The Morgan fingerprint density at radius 2 is 1.96 bits per heavy atom. The van der Waals surface area contributed by atoms with Gasteiger partial charge < -0.3 is 14.7 Å². The van der Waals surface area contributed by atoms with Gasteiger partial charge in [0.1, 0.15) is 0 Å². The molecule has 0 radical (unpaired) electrons. The summed E-state index contributed by atoms with van der Waals surface area (Å²) in [6.45, 7) is 1.99. The molecule has 0 amide bonds. The number of pyridine rings is 1.